The summed E-state index contributed by atoms with van der Waals surface area (Å²) >= 11 is 0. The summed E-state index contributed by atoms with van der Waals surface area (Å²) in [6, 6.07) is 14.9. The van der Waals surface area contributed by atoms with Gasteiger partial charge in [-0.25, -0.2) is 4.79 Å². The van der Waals surface area contributed by atoms with Crippen LogP contribution in [0.3, 0.4) is 0 Å². The number of nitro benzene ring substituents is 1. The zero-order valence-corrected chi connectivity index (χ0v) is 13.9. The van der Waals surface area contributed by atoms with Crippen molar-refractivity contribution in [2.24, 2.45) is 5.41 Å². The number of hydrogen-bond acceptors (Lipinski definition) is 3. The van der Waals surface area contributed by atoms with Crippen molar-refractivity contribution in [1.82, 2.24) is 5.32 Å². The molecule has 0 radical (unpaired) electrons. The number of urea groups is 1. The fourth-order valence-electron chi connectivity index (χ4n) is 2.44. The van der Waals surface area contributed by atoms with Gasteiger partial charge in [0.05, 0.1) is 11.0 Å². The van der Waals surface area contributed by atoms with E-state index in [9.17, 15) is 14.9 Å². The second-order valence-corrected chi connectivity index (χ2v) is 6.62. The number of anilines is 1. The van der Waals surface area contributed by atoms with Crippen LogP contribution in [0.2, 0.25) is 0 Å². The zero-order valence-electron chi connectivity index (χ0n) is 13.9. The fourth-order valence-corrected chi connectivity index (χ4v) is 2.44. The van der Waals surface area contributed by atoms with Crippen LogP contribution in [0.15, 0.2) is 54.6 Å². The third-order valence-electron chi connectivity index (χ3n) is 3.59. The summed E-state index contributed by atoms with van der Waals surface area (Å²) in [4.78, 5) is 22.6. The maximum absolute atomic E-state index is 12.3. The van der Waals surface area contributed by atoms with Gasteiger partial charge in [-0.2, -0.15) is 0 Å². The number of carbonyl (C=O) groups excluding carboxylic acids is 1. The lowest BCUT2D eigenvalue weighted by atomic mass is 9.82. The Morgan fingerprint density at radius 2 is 1.75 bits per heavy atom. The molecule has 24 heavy (non-hydrogen) atoms. The number of rotatable bonds is 4. The highest BCUT2D eigenvalue weighted by Gasteiger charge is 2.27. The molecule has 0 aliphatic rings. The van der Waals surface area contributed by atoms with Crippen LogP contribution in [0.25, 0.3) is 0 Å². The number of non-ortho nitro benzene ring substituents is 1. The van der Waals surface area contributed by atoms with E-state index in [1.54, 1.807) is 6.07 Å². The van der Waals surface area contributed by atoms with Crippen LogP contribution in [0.1, 0.15) is 32.4 Å². The average molecular weight is 327 g/mol. The summed E-state index contributed by atoms with van der Waals surface area (Å²) < 4.78 is 0. The summed E-state index contributed by atoms with van der Waals surface area (Å²) in [6.45, 7) is 6.12. The maximum atomic E-state index is 12.3. The van der Waals surface area contributed by atoms with Crippen molar-refractivity contribution in [2.75, 3.05) is 5.32 Å². The molecule has 0 fully saturated rings. The smallest absolute Gasteiger partial charge is 0.319 e. The van der Waals surface area contributed by atoms with Crippen LogP contribution < -0.4 is 10.6 Å². The average Bonchev–Trinajstić information content (AvgIpc) is 2.52. The van der Waals surface area contributed by atoms with Crippen molar-refractivity contribution in [3.8, 4) is 0 Å². The number of nitrogens with zero attached hydrogens (tertiary/aromatic N) is 1. The predicted molar refractivity (Wildman–Crippen MR) is 93.9 cm³/mol. The summed E-state index contributed by atoms with van der Waals surface area (Å²) in [5, 5.41) is 16.4. The minimum atomic E-state index is -0.495. The Hall–Kier alpha value is -2.89. The van der Waals surface area contributed by atoms with Crippen molar-refractivity contribution in [1.29, 1.82) is 0 Å². The Morgan fingerprint density at radius 3 is 2.33 bits per heavy atom. The molecule has 2 amide bonds. The molecule has 0 aromatic heterocycles. The van der Waals surface area contributed by atoms with Gasteiger partial charge in [0.1, 0.15) is 0 Å². The van der Waals surface area contributed by atoms with E-state index in [-0.39, 0.29) is 17.1 Å². The monoisotopic (exact) mass is 327 g/mol. The molecule has 2 N–H and O–H groups in total. The van der Waals surface area contributed by atoms with E-state index in [2.05, 4.69) is 10.6 Å². The second kappa shape index (κ2) is 7.12. The Bertz CT molecular complexity index is 724. The van der Waals surface area contributed by atoms with E-state index in [0.717, 1.165) is 5.56 Å². The van der Waals surface area contributed by atoms with Crippen LogP contribution in [0.4, 0.5) is 16.2 Å². The second-order valence-electron chi connectivity index (χ2n) is 6.62. The normalized spacial score (nSPS) is 12.3. The largest absolute Gasteiger partial charge is 0.331 e. The molecule has 0 spiro atoms. The van der Waals surface area contributed by atoms with Crippen LogP contribution in [-0.2, 0) is 0 Å². The van der Waals surface area contributed by atoms with Crippen molar-refractivity contribution in [3.63, 3.8) is 0 Å². The van der Waals surface area contributed by atoms with Crippen LogP contribution in [-0.4, -0.2) is 11.0 Å². The molecule has 2 rings (SSSR count). The number of carbonyl (C=O) groups is 1. The molecule has 0 saturated heterocycles. The van der Waals surface area contributed by atoms with E-state index < -0.39 is 11.0 Å². The molecular formula is C18H21N3O3. The molecule has 6 heteroatoms. The molecular weight excluding hydrogens is 306 g/mol. The van der Waals surface area contributed by atoms with Gasteiger partial charge < -0.3 is 10.6 Å². The third-order valence-corrected chi connectivity index (χ3v) is 3.59. The minimum Gasteiger partial charge on any atom is -0.331 e. The molecule has 2 aromatic rings. The zero-order chi connectivity index (χ0) is 17.7. The first-order valence-electron chi connectivity index (χ1n) is 7.64. The Kier molecular flexibility index (Phi) is 5.18. The molecule has 6 nitrogen and oxygen atoms in total. The SMILES string of the molecule is CC(C)(C)[C@H](NC(=O)Nc1cccc([N+](=O)[O-])c1)c1ccccc1. The summed E-state index contributed by atoms with van der Waals surface area (Å²) in [7, 11) is 0. The van der Waals surface area contributed by atoms with Gasteiger partial charge in [-0.05, 0) is 17.0 Å². The number of amides is 2. The first-order valence-corrected chi connectivity index (χ1v) is 7.64. The summed E-state index contributed by atoms with van der Waals surface area (Å²) in [6.07, 6.45) is 0. The Labute approximate surface area is 141 Å². The van der Waals surface area contributed by atoms with E-state index >= 15 is 0 Å². The van der Waals surface area contributed by atoms with Gasteiger partial charge in [0.25, 0.3) is 5.69 Å². The lowest BCUT2D eigenvalue weighted by Crippen LogP contribution is -2.39. The van der Waals surface area contributed by atoms with E-state index in [1.807, 2.05) is 51.1 Å². The highest BCUT2D eigenvalue weighted by atomic mass is 16.6. The number of benzene rings is 2. The predicted octanol–water partition coefficient (Wildman–Crippen LogP) is 4.50. The third kappa shape index (κ3) is 4.55. The quantitative estimate of drug-likeness (QED) is 0.640. The minimum absolute atomic E-state index is 0.0665. The lowest BCUT2D eigenvalue weighted by molar-refractivity contribution is -0.384. The lowest BCUT2D eigenvalue weighted by Gasteiger charge is -2.32. The molecule has 126 valence electrons. The highest BCUT2D eigenvalue weighted by molar-refractivity contribution is 5.89. The van der Waals surface area contributed by atoms with E-state index in [0.29, 0.717) is 5.69 Å². The summed E-state index contributed by atoms with van der Waals surface area (Å²) in [5.74, 6) is 0. The van der Waals surface area contributed by atoms with E-state index in [1.165, 1.54) is 18.2 Å². The van der Waals surface area contributed by atoms with Gasteiger partial charge in [0, 0.05) is 17.8 Å². The fraction of sp³-hybridized carbons (Fsp3) is 0.278. The first-order chi connectivity index (χ1) is 11.3. The van der Waals surface area contributed by atoms with Crippen LogP contribution >= 0.6 is 0 Å². The van der Waals surface area contributed by atoms with Crippen molar-refractivity contribution in [2.45, 2.75) is 26.8 Å². The Morgan fingerprint density at radius 1 is 1.08 bits per heavy atom. The van der Waals surface area contributed by atoms with Gasteiger partial charge in [0.15, 0.2) is 0 Å². The van der Waals surface area contributed by atoms with Gasteiger partial charge in [-0.3, -0.25) is 10.1 Å². The standard InChI is InChI=1S/C18H21N3O3/c1-18(2,3)16(13-8-5-4-6-9-13)20-17(22)19-14-10-7-11-15(12-14)21(23)24/h4-12,16H,1-3H3,(H2,19,20,22)/t16-/m1/s1. The van der Waals surface area contributed by atoms with Gasteiger partial charge in [-0.15, -0.1) is 0 Å². The van der Waals surface area contributed by atoms with Crippen molar-refractivity contribution in [3.05, 3.63) is 70.3 Å². The molecule has 0 unspecified atom stereocenters. The first kappa shape index (κ1) is 17.5. The number of hydrogen-bond donors (Lipinski definition) is 2. The summed E-state index contributed by atoms with van der Waals surface area (Å²) in [5.41, 5.74) is 1.12. The van der Waals surface area contributed by atoms with Crippen molar-refractivity contribution >= 4 is 17.4 Å². The molecule has 1 atom stereocenters. The Balaban J connectivity index is 2.14. The molecule has 0 bridgehead atoms. The molecule has 0 aliphatic carbocycles. The molecule has 0 aliphatic heterocycles. The maximum Gasteiger partial charge on any atom is 0.319 e. The highest BCUT2D eigenvalue weighted by Crippen LogP contribution is 2.32. The van der Waals surface area contributed by atoms with Crippen LogP contribution in [0, 0.1) is 15.5 Å². The number of nitro groups is 1. The van der Waals surface area contributed by atoms with Gasteiger partial charge >= 0.3 is 6.03 Å². The topological polar surface area (TPSA) is 84.3 Å². The van der Waals surface area contributed by atoms with Gasteiger partial charge in [0.2, 0.25) is 0 Å². The molecule has 0 saturated carbocycles. The van der Waals surface area contributed by atoms with Gasteiger partial charge in [-0.1, -0.05) is 57.2 Å². The van der Waals surface area contributed by atoms with Crippen molar-refractivity contribution < 1.29 is 9.72 Å². The van der Waals surface area contributed by atoms with E-state index in [4.69, 9.17) is 0 Å². The number of nitrogens with one attached hydrogen (secondary N) is 2. The van der Waals surface area contributed by atoms with Crippen LogP contribution in [0.5, 0.6) is 0 Å². The molecule has 2 aromatic carbocycles. The molecule has 0 heterocycles.